The van der Waals surface area contributed by atoms with Gasteiger partial charge in [-0.2, -0.15) is 5.10 Å². The minimum absolute atomic E-state index is 0.0293. The zero-order valence-corrected chi connectivity index (χ0v) is 20.8. The number of rotatable bonds is 9. The van der Waals surface area contributed by atoms with Gasteiger partial charge < -0.3 is 10.1 Å². The predicted octanol–water partition coefficient (Wildman–Crippen LogP) is 3.79. The van der Waals surface area contributed by atoms with Gasteiger partial charge in [-0.15, -0.1) is 0 Å². The molecule has 0 aromatic heterocycles. The standard InChI is InChI=1S/C24H22ClFN4O5S/c1-16(31)28-17-6-12-20(13-7-17)36(33,34)30(18-8-10-19(35-2)11-9-18)15-24(32)29-27-14-21-22(25)4-3-5-23(21)26/h3-14H,15H2,1-2H3,(H,28,31)(H,29,32). The maximum Gasteiger partial charge on any atom is 0.264 e. The Labute approximate surface area is 212 Å². The Morgan fingerprint density at radius 2 is 1.75 bits per heavy atom. The normalized spacial score (nSPS) is 11.2. The monoisotopic (exact) mass is 532 g/mol. The third-order valence-electron chi connectivity index (χ3n) is 4.79. The van der Waals surface area contributed by atoms with Crippen molar-refractivity contribution in [1.29, 1.82) is 0 Å². The van der Waals surface area contributed by atoms with Crippen molar-refractivity contribution >= 4 is 51.0 Å². The fourth-order valence-electron chi connectivity index (χ4n) is 3.07. The highest BCUT2D eigenvalue weighted by atomic mass is 35.5. The van der Waals surface area contributed by atoms with E-state index in [1.165, 1.54) is 68.6 Å². The molecule has 0 atom stereocenters. The zero-order chi connectivity index (χ0) is 26.3. The number of sulfonamides is 1. The first-order valence-corrected chi connectivity index (χ1v) is 12.2. The van der Waals surface area contributed by atoms with Gasteiger partial charge >= 0.3 is 0 Å². The van der Waals surface area contributed by atoms with Crippen LogP contribution in [0.25, 0.3) is 0 Å². The smallest absolute Gasteiger partial charge is 0.264 e. The molecule has 2 amide bonds. The topological polar surface area (TPSA) is 117 Å². The van der Waals surface area contributed by atoms with Gasteiger partial charge in [0.2, 0.25) is 5.91 Å². The lowest BCUT2D eigenvalue weighted by atomic mass is 10.2. The van der Waals surface area contributed by atoms with Gasteiger partial charge in [-0.1, -0.05) is 17.7 Å². The quantitative estimate of drug-likeness (QED) is 0.321. The van der Waals surface area contributed by atoms with E-state index in [1.807, 2.05) is 0 Å². The first-order valence-electron chi connectivity index (χ1n) is 10.4. The molecule has 9 nitrogen and oxygen atoms in total. The lowest BCUT2D eigenvalue weighted by molar-refractivity contribution is -0.119. The first-order chi connectivity index (χ1) is 17.1. The number of carbonyl (C=O) groups is 2. The van der Waals surface area contributed by atoms with E-state index in [-0.39, 0.29) is 27.1 Å². The fraction of sp³-hybridized carbons (Fsp3) is 0.125. The van der Waals surface area contributed by atoms with Gasteiger partial charge in [0, 0.05) is 18.2 Å². The number of ether oxygens (including phenoxy) is 1. The van der Waals surface area contributed by atoms with Crippen LogP contribution in [0, 0.1) is 5.82 Å². The molecule has 0 saturated heterocycles. The molecule has 0 saturated carbocycles. The van der Waals surface area contributed by atoms with Crippen LogP contribution in [-0.4, -0.2) is 40.1 Å². The summed E-state index contributed by atoms with van der Waals surface area (Å²) in [4.78, 5) is 23.8. The van der Waals surface area contributed by atoms with E-state index in [4.69, 9.17) is 16.3 Å². The van der Waals surface area contributed by atoms with Gasteiger partial charge in [0.15, 0.2) is 0 Å². The van der Waals surface area contributed by atoms with E-state index in [0.717, 1.165) is 10.5 Å². The minimum atomic E-state index is -4.22. The molecule has 188 valence electrons. The molecule has 36 heavy (non-hydrogen) atoms. The molecule has 0 aliphatic rings. The summed E-state index contributed by atoms with van der Waals surface area (Å²) in [5, 5.41) is 6.35. The van der Waals surface area contributed by atoms with Gasteiger partial charge in [-0.3, -0.25) is 13.9 Å². The highest BCUT2D eigenvalue weighted by molar-refractivity contribution is 7.92. The molecule has 0 aliphatic heterocycles. The molecular weight excluding hydrogens is 511 g/mol. The van der Waals surface area contributed by atoms with Crippen LogP contribution in [0.2, 0.25) is 5.02 Å². The van der Waals surface area contributed by atoms with Gasteiger partial charge in [-0.25, -0.2) is 18.2 Å². The Kier molecular flexibility index (Phi) is 8.62. The molecule has 0 radical (unpaired) electrons. The molecule has 0 heterocycles. The second-order valence-electron chi connectivity index (χ2n) is 7.34. The summed E-state index contributed by atoms with van der Waals surface area (Å²) in [7, 11) is -2.75. The lowest BCUT2D eigenvalue weighted by Gasteiger charge is -2.24. The number of carbonyl (C=O) groups excluding carboxylic acids is 2. The van der Waals surface area contributed by atoms with Gasteiger partial charge in [0.05, 0.1) is 28.9 Å². The van der Waals surface area contributed by atoms with Crippen molar-refractivity contribution in [3.63, 3.8) is 0 Å². The summed E-state index contributed by atoms with van der Waals surface area (Å²) < 4.78 is 46.8. The highest BCUT2D eigenvalue weighted by Crippen LogP contribution is 2.26. The summed E-state index contributed by atoms with van der Waals surface area (Å²) in [6, 6.07) is 15.6. The molecule has 0 aliphatic carbocycles. The number of hydrogen-bond acceptors (Lipinski definition) is 6. The molecule has 2 N–H and O–H groups in total. The average molecular weight is 533 g/mol. The molecule has 0 bridgehead atoms. The van der Waals surface area contributed by atoms with Crippen LogP contribution in [0.15, 0.2) is 76.7 Å². The zero-order valence-electron chi connectivity index (χ0n) is 19.2. The van der Waals surface area contributed by atoms with Crippen molar-refractivity contribution in [2.75, 3.05) is 23.3 Å². The van der Waals surface area contributed by atoms with Gasteiger partial charge in [-0.05, 0) is 60.7 Å². The highest BCUT2D eigenvalue weighted by Gasteiger charge is 2.27. The summed E-state index contributed by atoms with van der Waals surface area (Å²) >= 11 is 5.94. The Balaban J connectivity index is 1.87. The summed E-state index contributed by atoms with van der Waals surface area (Å²) in [5.74, 6) is -1.23. The van der Waals surface area contributed by atoms with Crippen molar-refractivity contribution in [2.45, 2.75) is 11.8 Å². The van der Waals surface area contributed by atoms with Crippen molar-refractivity contribution in [2.24, 2.45) is 5.10 Å². The largest absolute Gasteiger partial charge is 0.497 e. The van der Waals surface area contributed by atoms with E-state index in [2.05, 4.69) is 15.8 Å². The number of amides is 2. The van der Waals surface area contributed by atoms with Crippen LogP contribution < -0.4 is 19.8 Å². The summed E-state index contributed by atoms with van der Waals surface area (Å²) in [5.41, 5.74) is 2.77. The summed E-state index contributed by atoms with van der Waals surface area (Å²) in [6.45, 7) is 0.696. The molecule has 3 rings (SSSR count). The second-order valence-corrected chi connectivity index (χ2v) is 9.61. The first kappa shape index (κ1) is 26.6. The molecule has 3 aromatic carbocycles. The maximum atomic E-state index is 13.9. The maximum absolute atomic E-state index is 13.9. The Morgan fingerprint density at radius 3 is 2.33 bits per heavy atom. The fourth-order valence-corrected chi connectivity index (χ4v) is 4.71. The van der Waals surface area contributed by atoms with Crippen LogP contribution in [0.5, 0.6) is 5.75 Å². The Bertz CT molecular complexity index is 1360. The number of hydrogen-bond donors (Lipinski definition) is 2. The van der Waals surface area contributed by atoms with Crippen LogP contribution in [0.3, 0.4) is 0 Å². The van der Waals surface area contributed by atoms with E-state index in [1.54, 1.807) is 12.1 Å². The second kappa shape index (κ2) is 11.6. The van der Waals surface area contributed by atoms with Crippen LogP contribution in [0.4, 0.5) is 15.8 Å². The number of hydrazone groups is 1. The van der Waals surface area contributed by atoms with Crippen LogP contribution in [-0.2, 0) is 19.6 Å². The predicted molar refractivity (Wildman–Crippen MR) is 135 cm³/mol. The van der Waals surface area contributed by atoms with E-state index in [9.17, 15) is 22.4 Å². The third kappa shape index (κ3) is 6.58. The molecule has 0 spiro atoms. The Morgan fingerprint density at radius 1 is 1.08 bits per heavy atom. The number of benzene rings is 3. The lowest BCUT2D eigenvalue weighted by Crippen LogP contribution is -2.39. The molecule has 0 fully saturated rings. The number of nitrogens with one attached hydrogen (secondary N) is 2. The SMILES string of the molecule is COc1ccc(N(CC(=O)NN=Cc2c(F)cccc2Cl)S(=O)(=O)c2ccc(NC(C)=O)cc2)cc1. The van der Waals surface area contributed by atoms with Crippen LogP contribution >= 0.6 is 11.6 Å². The average Bonchev–Trinajstić information content (AvgIpc) is 2.84. The summed E-state index contributed by atoms with van der Waals surface area (Å²) in [6.07, 6.45) is 1.03. The number of halogens is 2. The third-order valence-corrected chi connectivity index (χ3v) is 6.91. The van der Waals surface area contributed by atoms with Crippen molar-refractivity contribution in [1.82, 2.24) is 5.43 Å². The number of nitrogens with zero attached hydrogens (tertiary/aromatic N) is 2. The van der Waals surface area contributed by atoms with E-state index < -0.39 is 28.3 Å². The van der Waals surface area contributed by atoms with Crippen molar-refractivity contribution < 1.29 is 27.1 Å². The van der Waals surface area contributed by atoms with Crippen LogP contribution in [0.1, 0.15) is 12.5 Å². The number of anilines is 2. The van der Waals surface area contributed by atoms with E-state index >= 15 is 0 Å². The molecule has 0 unspecified atom stereocenters. The minimum Gasteiger partial charge on any atom is -0.497 e. The molecule has 12 heteroatoms. The van der Waals surface area contributed by atoms with Crippen molar-refractivity contribution in [3.05, 3.63) is 83.1 Å². The molecular formula is C24H22ClFN4O5S. The van der Waals surface area contributed by atoms with E-state index in [0.29, 0.717) is 11.4 Å². The van der Waals surface area contributed by atoms with Gasteiger partial charge in [0.25, 0.3) is 15.9 Å². The van der Waals surface area contributed by atoms with Crippen molar-refractivity contribution in [3.8, 4) is 5.75 Å². The van der Waals surface area contributed by atoms with Gasteiger partial charge in [0.1, 0.15) is 18.1 Å². The Hall–Kier alpha value is -3.96. The number of methoxy groups -OCH3 is 1. The molecule has 3 aromatic rings.